The molecule has 0 saturated carbocycles. The molecule has 0 aliphatic heterocycles. The first-order valence-electron chi connectivity index (χ1n) is 5.26. The Morgan fingerprint density at radius 2 is 2.00 bits per heavy atom. The van der Waals surface area contributed by atoms with Crippen molar-refractivity contribution in [3.63, 3.8) is 0 Å². The maximum atomic E-state index is 10.7. The van der Waals surface area contributed by atoms with Crippen LogP contribution in [0.5, 0.6) is 11.5 Å². The van der Waals surface area contributed by atoms with Gasteiger partial charge in [0.1, 0.15) is 6.10 Å². The molecule has 0 fully saturated rings. The summed E-state index contributed by atoms with van der Waals surface area (Å²) in [5.41, 5.74) is 5.92. The third-order valence-corrected chi connectivity index (χ3v) is 2.48. The number of rotatable bonds is 6. The highest BCUT2D eigenvalue weighted by atomic mass is 16.5. The molecule has 1 atom stereocenters. The number of hydrogen-bond acceptors (Lipinski definition) is 4. The maximum Gasteiger partial charge on any atom is 0.246 e. The molecule has 1 aromatic rings. The Labute approximate surface area is 100 Å². The van der Waals surface area contributed by atoms with Gasteiger partial charge in [0.05, 0.1) is 14.2 Å². The van der Waals surface area contributed by atoms with Crippen molar-refractivity contribution < 1.29 is 19.4 Å². The van der Waals surface area contributed by atoms with Gasteiger partial charge in [-0.05, 0) is 30.5 Å². The normalized spacial score (nSPS) is 11.9. The van der Waals surface area contributed by atoms with Crippen molar-refractivity contribution in [3.8, 4) is 11.5 Å². The number of amides is 1. The summed E-state index contributed by atoms with van der Waals surface area (Å²) in [7, 11) is 3.12. The van der Waals surface area contributed by atoms with Crippen LogP contribution in [0.4, 0.5) is 0 Å². The summed E-state index contributed by atoms with van der Waals surface area (Å²) in [4.78, 5) is 10.7. The number of carbonyl (C=O) groups is 1. The Morgan fingerprint density at radius 1 is 1.35 bits per heavy atom. The quantitative estimate of drug-likeness (QED) is 0.756. The molecule has 3 N–H and O–H groups in total. The lowest BCUT2D eigenvalue weighted by Crippen LogP contribution is -2.28. The van der Waals surface area contributed by atoms with E-state index in [0.29, 0.717) is 24.3 Å². The van der Waals surface area contributed by atoms with Gasteiger partial charge in [-0.25, -0.2) is 0 Å². The van der Waals surface area contributed by atoms with Crippen molar-refractivity contribution in [1.82, 2.24) is 0 Å². The number of aryl methyl sites for hydroxylation is 1. The van der Waals surface area contributed by atoms with E-state index in [9.17, 15) is 9.90 Å². The van der Waals surface area contributed by atoms with E-state index >= 15 is 0 Å². The summed E-state index contributed by atoms with van der Waals surface area (Å²) in [6.45, 7) is 0. The third kappa shape index (κ3) is 3.64. The zero-order valence-corrected chi connectivity index (χ0v) is 9.97. The zero-order chi connectivity index (χ0) is 12.8. The largest absolute Gasteiger partial charge is 0.493 e. The number of benzene rings is 1. The smallest absolute Gasteiger partial charge is 0.246 e. The predicted octanol–water partition coefficient (Wildman–Crippen LogP) is 0.483. The average Bonchev–Trinajstić information content (AvgIpc) is 2.35. The molecule has 0 aromatic heterocycles. The fraction of sp³-hybridized carbons (Fsp3) is 0.417. The molecule has 17 heavy (non-hydrogen) atoms. The van der Waals surface area contributed by atoms with Crippen LogP contribution in [0.1, 0.15) is 12.0 Å². The van der Waals surface area contributed by atoms with Crippen LogP contribution >= 0.6 is 0 Å². The van der Waals surface area contributed by atoms with E-state index < -0.39 is 12.0 Å². The van der Waals surface area contributed by atoms with Crippen molar-refractivity contribution in [2.75, 3.05) is 14.2 Å². The van der Waals surface area contributed by atoms with Gasteiger partial charge < -0.3 is 20.3 Å². The second-order valence-corrected chi connectivity index (χ2v) is 3.65. The van der Waals surface area contributed by atoms with E-state index in [1.54, 1.807) is 20.3 Å². The van der Waals surface area contributed by atoms with Crippen molar-refractivity contribution in [3.05, 3.63) is 23.8 Å². The van der Waals surface area contributed by atoms with E-state index in [2.05, 4.69) is 0 Å². The molecule has 0 radical (unpaired) electrons. The number of carbonyl (C=O) groups excluding carboxylic acids is 1. The van der Waals surface area contributed by atoms with E-state index in [1.807, 2.05) is 12.1 Å². The number of hydrogen-bond donors (Lipinski definition) is 2. The molecule has 0 heterocycles. The Bertz CT molecular complexity index is 392. The Morgan fingerprint density at radius 3 is 2.53 bits per heavy atom. The van der Waals surface area contributed by atoms with E-state index in [0.717, 1.165) is 5.56 Å². The lowest BCUT2D eigenvalue weighted by Gasteiger charge is -2.10. The topological polar surface area (TPSA) is 81.8 Å². The molecular weight excluding hydrogens is 222 g/mol. The minimum atomic E-state index is -1.11. The fourth-order valence-corrected chi connectivity index (χ4v) is 1.48. The molecule has 5 nitrogen and oxygen atoms in total. The van der Waals surface area contributed by atoms with E-state index in [1.165, 1.54) is 0 Å². The summed E-state index contributed by atoms with van der Waals surface area (Å²) in [5, 5.41) is 9.28. The van der Waals surface area contributed by atoms with Gasteiger partial charge in [0.15, 0.2) is 11.5 Å². The standard InChI is InChI=1S/C12H17NO4/c1-16-10-6-4-8(7-11(10)17-2)3-5-9(14)12(13)15/h4,6-7,9,14H,3,5H2,1-2H3,(H2,13,15). The van der Waals surface area contributed by atoms with Crippen LogP contribution in [-0.2, 0) is 11.2 Å². The molecule has 94 valence electrons. The zero-order valence-electron chi connectivity index (χ0n) is 9.97. The Kier molecular flexibility index (Phi) is 4.78. The number of primary amides is 1. The highest BCUT2D eigenvalue weighted by Gasteiger charge is 2.11. The lowest BCUT2D eigenvalue weighted by atomic mass is 10.1. The number of aliphatic hydroxyl groups excluding tert-OH is 1. The molecule has 1 unspecified atom stereocenters. The van der Waals surface area contributed by atoms with Gasteiger partial charge in [-0.1, -0.05) is 6.07 Å². The summed E-state index contributed by atoms with van der Waals surface area (Å²) < 4.78 is 10.3. The minimum Gasteiger partial charge on any atom is -0.493 e. The first kappa shape index (κ1) is 13.3. The van der Waals surface area contributed by atoms with Gasteiger partial charge >= 0.3 is 0 Å². The maximum absolute atomic E-state index is 10.7. The summed E-state index contributed by atoms with van der Waals surface area (Å²) in [5.74, 6) is 0.566. The van der Waals surface area contributed by atoms with Gasteiger partial charge in [0.25, 0.3) is 0 Å². The molecule has 0 saturated heterocycles. The minimum absolute atomic E-state index is 0.296. The van der Waals surface area contributed by atoms with Crippen LogP contribution < -0.4 is 15.2 Å². The molecule has 0 aliphatic carbocycles. The molecular formula is C12H17NO4. The van der Waals surface area contributed by atoms with Crippen molar-refractivity contribution in [2.24, 2.45) is 5.73 Å². The van der Waals surface area contributed by atoms with Crippen LogP contribution in [0, 0.1) is 0 Å². The Hall–Kier alpha value is -1.75. The second kappa shape index (κ2) is 6.10. The van der Waals surface area contributed by atoms with Crippen molar-refractivity contribution >= 4 is 5.91 Å². The van der Waals surface area contributed by atoms with Crippen molar-refractivity contribution in [1.29, 1.82) is 0 Å². The molecule has 1 amide bonds. The SMILES string of the molecule is COc1ccc(CCC(O)C(N)=O)cc1OC. The lowest BCUT2D eigenvalue weighted by molar-refractivity contribution is -0.126. The first-order chi connectivity index (χ1) is 8.08. The fourth-order valence-electron chi connectivity index (χ4n) is 1.48. The van der Waals surface area contributed by atoms with Gasteiger partial charge in [-0.3, -0.25) is 4.79 Å². The van der Waals surface area contributed by atoms with Gasteiger partial charge in [0.2, 0.25) is 5.91 Å². The van der Waals surface area contributed by atoms with E-state index in [4.69, 9.17) is 15.2 Å². The molecule has 0 spiro atoms. The molecule has 0 aliphatic rings. The average molecular weight is 239 g/mol. The summed E-state index contributed by atoms with van der Waals surface area (Å²) in [6.07, 6.45) is -0.266. The molecule has 5 heteroatoms. The first-order valence-corrected chi connectivity index (χ1v) is 5.26. The van der Waals surface area contributed by atoms with Crippen molar-refractivity contribution in [2.45, 2.75) is 18.9 Å². The number of aliphatic hydroxyl groups is 1. The highest BCUT2D eigenvalue weighted by molar-refractivity contribution is 5.78. The molecule has 1 rings (SSSR count). The van der Waals surface area contributed by atoms with E-state index in [-0.39, 0.29) is 0 Å². The van der Waals surface area contributed by atoms with Crippen LogP contribution in [0.25, 0.3) is 0 Å². The Balaban J connectivity index is 2.69. The van der Waals surface area contributed by atoms with Gasteiger partial charge in [-0.2, -0.15) is 0 Å². The third-order valence-electron chi connectivity index (χ3n) is 2.48. The van der Waals surface area contributed by atoms with Crippen LogP contribution in [0.15, 0.2) is 18.2 Å². The number of ether oxygens (including phenoxy) is 2. The van der Waals surface area contributed by atoms with Crippen LogP contribution in [0.2, 0.25) is 0 Å². The number of methoxy groups -OCH3 is 2. The predicted molar refractivity (Wildman–Crippen MR) is 63.1 cm³/mol. The van der Waals surface area contributed by atoms with Crippen LogP contribution in [-0.4, -0.2) is 31.3 Å². The molecule has 0 bridgehead atoms. The summed E-state index contributed by atoms with van der Waals surface area (Å²) >= 11 is 0. The second-order valence-electron chi connectivity index (χ2n) is 3.65. The van der Waals surface area contributed by atoms with Gasteiger partial charge in [-0.15, -0.1) is 0 Å². The number of nitrogens with two attached hydrogens (primary N) is 1. The monoisotopic (exact) mass is 239 g/mol. The van der Waals surface area contributed by atoms with Crippen LogP contribution in [0.3, 0.4) is 0 Å². The highest BCUT2D eigenvalue weighted by Crippen LogP contribution is 2.28. The summed E-state index contributed by atoms with van der Waals surface area (Å²) in [6, 6.07) is 5.45. The molecule has 1 aromatic carbocycles. The van der Waals surface area contributed by atoms with Gasteiger partial charge in [0, 0.05) is 0 Å².